The van der Waals surface area contributed by atoms with Crippen molar-refractivity contribution in [2.45, 2.75) is 0 Å². The van der Waals surface area contributed by atoms with Crippen LogP contribution in [0.3, 0.4) is 0 Å². The van der Waals surface area contributed by atoms with Gasteiger partial charge in [-0.05, 0) is 99.0 Å². The minimum atomic E-state index is 1.27. The summed E-state index contributed by atoms with van der Waals surface area (Å²) in [5.74, 6) is 0. The van der Waals surface area contributed by atoms with E-state index in [1.807, 2.05) is 0 Å². The zero-order valence-electron chi connectivity index (χ0n) is 19.5. The van der Waals surface area contributed by atoms with Gasteiger partial charge in [0.2, 0.25) is 0 Å². The summed E-state index contributed by atoms with van der Waals surface area (Å²) in [6, 6.07) is 45.1. The molecule has 0 aliphatic heterocycles. The molecule has 9 rings (SSSR count). The molecule has 0 heterocycles. The monoisotopic (exact) mass is 452 g/mol. The zero-order valence-corrected chi connectivity index (χ0v) is 19.5. The van der Waals surface area contributed by atoms with Crippen molar-refractivity contribution < 1.29 is 0 Å². The Morgan fingerprint density at radius 3 is 1.08 bits per heavy atom. The van der Waals surface area contributed by atoms with Crippen LogP contribution in [0, 0.1) is 0 Å². The molecule has 0 bridgehead atoms. The standard InChI is InChI=1S/C36H20/c1-3-7-21(8-4-1)29-19-25-13-14-26-20-30(22-9-5-2-6-10-22)28-18-16-24-12-11-23-15-17-27(29)35-31(23)32(24)36(28)34(26)33(25)35/h1-20H. The maximum Gasteiger partial charge on any atom is -0.000763 e. The molecular formula is C36H20. The smallest absolute Gasteiger partial charge is 0.000763 e. The van der Waals surface area contributed by atoms with Gasteiger partial charge in [-0.25, -0.2) is 0 Å². The predicted molar refractivity (Wildman–Crippen MR) is 156 cm³/mol. The lowest BCUT2D eigenvalue weighted by atomic mass is 9.79. The van der Waals surface area contributed by atoms with Crippen LogP contribution in [0.4, 0.5) is 0 Å². The SMILES string of the molecule is c1ccc(-c2cc3ccc4cc(-c5ccccc5)c5ccc6ccc7ccc2c2c7c6c5c4c32)cc1. The minimum absolute atomic E-state index is 1.27. The van der Waals surface area contributed by atoms with Gasteiger partial charge in [0.05, 0.1) is 0 Å². The first-order chi connectivity index (χ1) is 17.9. The highest BCUT2D eigenvalue weighted by Gasteiger charge is 2.23. The van der Waals surface area contributed by atoms with Gasteiger partial charge < -0.3 is 0 Å². The Morgan fingerprint density at radius 1 is 0.278 bits per heavy atom. The fraction of sp³-hybridized carbons (Fsp3) is 0. The van der Waals surface area contributed by atoms with E-state index in [4.69, 9.17) is 0 Å². The van der Waals surface area contributed by atoms with Crippen molar-refractivity contribution in [2.24, 2.45) is 0 Å². The van der Waals surface area contributed by atoms with Crippen LogP contribution in [0.15, 0.2) is 121 Å². The average Bonchev–Trinajstić information content (AvgIpc) is 2.96. The third-order valence-electron chi connectivity index (χ3n) is 8.29. The molecule has 0 N–H and O–H groups in total. The Balaban J connectivity index is 1.61. The van der Waals surface area contributed by atoms with Crippen molar-refractivity contribution in [1.82, 2.24) is 0 Å². The second-order valence-electron chi connectivity index (χ2n) is 10.1. The molecule has 9 aromatic rings. The lowest BCUT2D eigenvalue weighted by Crippen LogP contribution is -1.95. The van der Waals surface area contributed by atoms with Crippen LogP contribution in [0.25, 0.3) is 86.9 Å². The third kappa shape index (κ3) is 2.20. The molecule has 164 valence electrons. The molecular weight excluding hydrogens is 432 g/mol. The molecule has 0 aliphatic carbocycles. The molecule has 0 atom stereocenters. The van der Waals surface area contributed by atoms with E-state index in [0.29, 0.717) is 0 Å². The molecule has 0 heteroatoms. The highest BCUT2D eigenvalue weighted by molar-refractivity contribution is 6.46. The summed E-state index contributed by atoms with van der Waals surface area (Å²) in [5.41, 5.74) is 5.17. The van der Waals surface area contributed by atoms with Crippen molar-refractivity contribution in [3.05, 3.63) is 121 Å². The van der Waals surface area contributed by atoms with Gasteiger partial charge in [0, 0.05) is 0 Å². The molecule has 0 saturated carbocycles. The number of hydrogen-bond donors (Lipinski definition) is 0. The third-order valence-corrected chi connectivity index (χ3v) is 8.29. The highest BCUT2D eigenvalue weighted by atomic mass is 14.3. The summed E-state index contributed by atoms with van der Waals surface area (Å²) in [5, 5.41) is 16.4. The van der Waals surface area contributed by atoms with Crippen molar-refractivity contribution >= 4 is 64.6 Å². The molecule has 0 amide bonds. The number of rotatable bonds is 2. The molecule has 36 heavy (non-hydrogen) atoms. The maximum absolute atomic E-state index is 2.41. The quantitative estimate of drug-likeness (QED) is 0.181. The predicted octanol–water partition coefficient (Wildman–Crippen LogP) is 10.3. The highest BCUT2D eigenvalue weighted by Crippen LogP contribution is 2.51. The Labute approximate surface area is 208 Å². The van der Waals surface area contributed by atoms with Gasteiger partial charge in [0.15, 0.2) is 0 Å². The van der Waals surface area contributed by atoms with Crippen LogP contribution in [0.1, 0.15) is 0 Å². The van der Waals surface area contributed by atoms with Crippen LogP contribution in [0.2, 0.25) is 0 Å². The summed E-state index contributed by atoms with van der Waals surface area (Å²) < 4.78 is 0. The van der Waals surface area contributed by atoms with Crippen LogP contribution in [0.5, 0.6) is 0 Å². The van der Waals surface area contributed by atoms with E-state index in [2.05, 4.69) is 121 Å². The van der Waals surface area contributed by atoms with E-state index in [1.54, 1.807) is 0 Å². The van der Waals surface area contributed by atoms with Crippen molar-refractivity contribution in [3.63, 3.8) is 0 Å². The molecule has 0 saturated heterocycles. The van der Waals surface area contributed by atoms with Gasteiger partial charge in [0.1, 0.15) is 0 Å². The lowest BCUT2D eigenvalue weighted by Gasteiger charge is -2.23. The van der Waals surface area contributed by atoms with Crippen LogP contribution >= 0.6 is 0 Å². The van der Waals surface area contributed by atoms with E-state index >= 15 is 0 Å². The fourth-order valence-corrected chi connectivity index (χ4v) is 6.80. The second kappa shape index (κ2) is 6.50. The number of benzene rings is 9. The Kier molecular flexibility index (Phi) is 3.36. The Morgan fingerprint density at radius 2 is 0.639 bits per heavy atom. The van der Waals surface area contributed by atoms with Crippen molar-refractivity contribution in [2.75, 3.05) is 0 Å². The van der Waals surface area contributed by atoms with Gasteiger partial charge in [-0.15, -0.1) is 0 Å². The molecule has 9 aromatic carbocycles. The first-order valence-electron chi connectivity index (χ1n) is 12.6. The summed E-state index contributed by atoms with van der Waals surface area (Å²) in [6.07, 6.45) is 0. The van der Waals surface area contributed by atoms with Gasteiger partial charge in [0.25, 0.3) is 0 Å². The average molecular weight is 453 g/mol. The topological polar surface area (TPSA) is 0 Å². The molecule has 0 nitrogen and oxygen atoms in total. The fourth-order valence-electron chi connectivity index (χ4n) is 6.80. The van der Waals surface area contributed by atoms with Crippen LogP contribution in [-0.4, -0.2) is 0 Å². The first-order valence-corrected chi connectivity index (χ1v) is 12.6. The van der Waals surface area contributed by atoms with Crippen molar-refractivity contribution in [1.29, 1.82) is 0 Å². The number of hydrogen-bond acceptors (Lipinski definition) is 0. The summed E-state index contributed by atoms with van der Waals surface area (Å²) in [6.45, 7) is 0. The minimum Gasteiger partial charge on any atom is -0.0622 e. The summed E-state index contributed by atoms with van der Waals surface area (Å²) in [7, 11) is 0. The normalized spacial score (nSPS) is 12.4. The van der Waals surface area contributed by atoms with Crippen molar-refractivity contribution in [3.8, 4) is 22.3 Å². The molecule has 0 unspecified atom stereocenters. The van der Waals surface area contributed by atoms with Gasteiger partial charge in [-0.3, -0.25) is 0 Å². The van der Waals surface area contributed by atoms with Gasteiger partial charge >= 0.3 is 0 Å². The maximum atomic E-state index is 2.41. The lowest BCUT2D eigenvalue weighted by molar-refractivity contribution is 1.67. The van der Waals surface area contributed by atoms with E-state index in [9.17, 15) is 0 Å². The second-order valence-corrected chi connectivity index (χ2v) is 10.1. The van der Waals surface area contributed by atoms with E-state index in [-0.39, 0.29) is 0 Å². The summed E-state index contributed by atoms with van der Waals surface area (Å²) in [4.78, 5) is 0. The summed E-state index contributed by atoms with van der Waals surface area (Å²) >= 11 is 0. The van der Waals surface area contributed by atoms with E-state index < -0.39 is 0 Å². The van der Waals surface area contributed by atoms with E-state index in [0.717, 1.165) is 0 Å². The van der Waals surface area contributed by atoms with Crippen LogP contribution in [-0.2, 0) is 0 Å². The Bertz CT molecular complexity index is 2040. The largest absolute Gasteiger partial charge is 0.0622 e. The zero-order chi connectivity index (χ0) is 23.4. The Hall–Kier alpha value is -4.68. The molecule has 0 aromatic heterocycles. The van der Waals surface area contributed by atoms with E-state index in [1.165, 1.54) is 86.9 Å². The molecule has 0 aliphatic rings. The van der Waals surface area contributed by atoms with Gasteiger partial charge in [-0.2, -0.15) is 0 Å². The molecule has 0 fully saturated rings. The first kappa shape index (κ1) is 18.6. The van der Waals surface area contributed by atoms with Crippen LogP contribution < -0.4 is 0 Å². The van der Waals surface area contributed by atoms with Gasteiger partial charge in [-0.1, -0.05) is 109 Å². The molecule has 0 spiro atoms. The molecule has 0 radical (unpaired) electrons.